The molecule has 0 bridgehead atoms. The smallest absolute Gasteiger partial charge is 0.0568 e. The molecule has 0 saturated heterocycles. The Hall–Kier alpha value is -0.860. The van der Waals surface area contributed by atoms with Gasteiger partial charge in [0.05, 0.1) is 6.04 Å². The van der Waals surface area contributed by atoms with Gasteiger partial charge in [0.2, 0.25) is 0 Å². The maximum Gasteiger partial charge on any atom is 0.0568 e. The van der Waals surface area contributed by atoms with Gasteiger partial charge in [-0.05, 0) is 12.5 Å². The third-order valence-electron chi connectivity index (χ3n) is 1.84. The van der Waals surface area contributed by atoms with Gasteiger partial charge in [0.1, 0.15) is 0 Å². The van der Waals surface area contributed by atoms with E-state index in [-0.39, 0.29) is 6.04 Å². The van der Waals surface area contributed by atoms with Gasteiger partial charge in [-0.1, -0.05) is 30.3 Å². The topological polar surface area (TPSA) is 23.5 Å². The van der Waals surface area contributed by atoms with Gasteiger partial charge in [-0.3, -0.25) is 0 Å². The van der Waals surface area contributed by atoms with Crippen LogP contribution in [0.25, 0.3) is 0 Å². The highest BCUT2D eigenvalue weighted by molar-refractivity contribution is 5.17. The van der Waals surface area contributed by atoms with Gasteiger partial charge in [0, 0.05) is 7.05 Å². The zero-order valence-corrected chi connectivity index (χ0v) is 6.86. The van der Waals surface area contributed by atoms with Crippen LogP contribution >= 0.6 is 0 Å². The van der Waals surface area contributed by atoms with Crippen LogP contribution in [-0.2, 0) is 0 Å². The molecule has 0 saturated carbocycles. The van der Waals surface area contributed by atoms with E-state index in [1.54, 1.807) is 7.05 Å². The van der Waals surface area contributed by atoms with E-state index in [0.717, 1.165) is 5.56 Å². The van der Waals surface area contributed by atoms with Gasteiger partial charge in [-0.25, -0.2) is 0 Å². The Morgan fingerprint density at radius 2 is 1.82 bits per heavy atom. The van der Waals surface area contributed by atoms with Gasteiger partial charge >= 0.3 is 0 Å². The first kappa shape index (κ1) is 8.24. The molecule has 0 amide bonds. The highest BCUT2D eigenvalue weighted by atomic mass is 16.5. The maximum absolute atomic E-state index is 9.11. The molecule has 1 aromatic rings. The first-order chi connectivity index (χ1) is 5.22. The van der Waals surface area contributed by atoms with Gasteiger partial charge in [0.15, 0.2) is 0 Å². The highest BCUT2D eigenvalue weighted by Gasteiger charge is 2.06. The Morgan fingerprint density at radius 1 is 1.27 bits per heavy atom. The van der Waals surface area contributed by atoms with Gasteiger partial charge in [-0.2, -0.15) is 5.06 Å². The van der Waals surface area contributed by atoms with Gasteiger partial charge in [-0.15, -0.1) is 0 Å². The molecule has 60 valence electrons. The molecule has 0 aliphatic heterocycles. The van der Waals surface area contributed by atoms with Crippen molar-refractivity contribution in [1.82, 2.24) is 5.06 Å². The molecule has 0 fully saturated rings. The highest BCUT2D eigenvalue weighted by Crippen LogP contribution is 2.15. The van der Waals surface area contributed by atoms with E-state index in [2.05, 4.69) is 0 Å². The van der Waals surface area contributed by atoms with Crippen molar-refractivity contribution in [3.05, 3.63) is 35.9 Å². The number of nitrogens with zero attached hydrogens (tertiary/aromatic N) is 1. The molecule has 0 spiro atoms. The summed E-state index contributed by atoms with van der Waals surface area (Å²) < 4.78 is 0. The lowest BCUT2D eigenvalue weighted by Crippen LogP contribution is -2.17. The summed E-state index contributed by atoms with van der Waals surface area (Å²) in [6.45, 7) is 1.95. The van der Waals surface area contributed by atoms with Crippen molar-refractivity contribution in [3.8, 4) is 0 Å². The first-order valence-corrected chi connectivity index (χ1v) is 3.68. The molecule has 1 atom stereocenters. The fraction of sp³-hybridized carbons (Fsp3) is 0.333. The second-order valence-electron chi connectivity index (χ2n) is 2.66. The summed E-state index contributed by atoms with van der Waals surface area (Å²) in [6.07, 6.45) is 0. The molecule has 0 radical (unpaired) electrons. The van der Waals surface area contributed by atoms with Gasteiger partial charge < -0.3 is 5.21 Å². The molecule has 0 aliphatic carbocycles. The minimum atomic E-state index is 0.0659. The summed E-state index contributed by atoms with van der Waals surface area (Å²) in [5, 5.41) is 10.3. The number of hydrogen-bond donors (Lipinski definition) is 1. The molecule has 11 heavy (non-hydrogen) atoms. The zero-order valence-electron chi connectivity index (χ0n) is 6.86. The van der Waals surface area contributed by atoms with Crippen LogP contribution in [0.15, 0.2) is 30.3 Å². The summed E-state index contributed by atoms with van der Waals surface area (Å²) in [5.74, 6) is 0. The van der Waals surface area contributed by atoms with Crippen LogP contribution in [-0.4, -0.2) is 17.3 Å². The second-order valence-corrected chi connectivity index (χ2v) is 2.66. The second kappa shape index (κ2) is 3.51. The lowest BCUT2D eigenvalue weighted by Gasteiger charge is -2.17. The van der Waals surface area contributed by atoms with Gasteiger partial charge in [0.25, 0.3) is 0 Å². The van der Waals surface area contributed by atoms with Crippen molar-refractivity contribution >= 4 is 0 Å². The van der Waals surface area contributed by atoms with E-state index >= 15 is 0 Å². The summed E-state index contributed by atoms with van der Waals surface area (Å²) in [4.78, 5) is 0. The summed E-state index contributed by atoms with van der Waals surface area (Å²) in [7, 11) is 1.65. The predicted molar refractivity (Wildman–Crippen MR) is 44.4 cm³/mol. The molecule has 0 aliphatic rings. The third-order valence-corrected chi connectivity index (χ3v) is 1.84. The monoisotopic (exact) mass is 151 g/mol. The van der Waals surface area contributed by atoms with Crippen molar-refractivity contribution in [2.75, 3.05) is 7.05 Å². The van der Waals surface area contributed by atoms with Crippen LogP contribution < -0.4 is 0 Å². The average molecular weight is 151 g/mol. The van der Waals surface area contributed by atoms with E-state index in [0.29, 0.717) is 0 Å². The van der Waals surface area contributed by atoms with Crippen molar-refractivity contribution in [3.63, 3.8) is 0 Å². The van der Waals surface area contributed by atoms with Crippen molar-refractivity contribution in [2.24, 2.45) is 0 Å². The van der Waals surface area contributed by atoms with E-state index in [1.165, 1.54) is 5.06 Å². The third kappa shape index (κ3) is 2.03. The quantitative estimate of drug-likeness (QED) is 0.654. The van der Waals surface area contributed by atoms with E-state index < -0.39 is 0 Å². The lowest BCUT2D eigenvalue weighted by atomic mass is 10.1. The molecule has 1 N–H and O–H groups in total. The minimum absolute atomic E-state index is 0.0659. The fourth-order valence-electron chi connectivity index (χ4n) is 0.947. The SMILES string of the molecule is C[C@@H](c1ccccc1)N(C)O. The predicted octanol–water partition coefficient (Wildman–Crippen LogP) is 2.07. The Balaban J connectivity index is 2.77. The van der Waals surface area contributed by atoms with Crippen LogP contribution in [0.2, 0.25) is 0 Å². The lowest BCUT2D eigenvalue weighted by molar-refractivity contribution is -0.0984. The molecular formula is C9H13NO. The van der Waals surface area contributed by atoms with Crippen LogP contribution in [0.1, 0.15) is 18.5 Å². The standard InChI is InChI=1S/C9H13NO/c1-8(10(2)11)9-6-4-3-5-7-9/h3-8,11H,1-2H3/t8-/m0/s1. The molecule has 2 heteroatoms. The number of hydroxylamine groups is 2. The molecule has 0 heterocycles. The molecule has 0 aromatic heterocycles. The van der Waals surface area contributed by atoms with E-state index in [1.807, 2.05) is 37.3 Å². The number of rotatable bonds is 2. The summed E-state index contributed by atoms with van der Waals surface area (Å²) in [5.41, 5.74) is 1.12. The Kier molecular flexibility index (Phi) is 2.63. The van der Waals surface area contributed by atoms with Crippen LogP contribution in [0, 0.1) is 0 Å². The molecule has 2 nitrogen and oxygen atoms in total. The average Bonchev–Trinajstić information content (AvgIpc) is 2.05. The number of benzene rings is 1. The van der Waals surface area contributed by atoms with Crippen molar-refractivity contribution < 1.29 is 5.21 Å². The fourth-order valence-corrected chi connectivity index (χ4v) is 0.947. The van der Waals surface area contributed by atoms with Crippen molar-refractivity contribution in [2.45, 2.75) is 13.0 Å². The largest absolute Gasteiger partial charge is 0.314 e. The Labute approximate surface area is 67.0 Å². The maximum atomic E-state index is 9.11. The zero-order chi connectivity index (χ0) is 8.27. The molecule has 1 rings (SSSR count). The number of hydrogen-bond acceptors (Lipinski definition) is 2. The van der Waals surface area contributed by atoms with Crippen LogP contribution in [0.5, 0.6) is 0 Å². The van der Waals surface area contributed by atoms with Crippen LogP contribution in [0.4, 0.5) is 0 Å². The van der Waals surface area contributed by atoms with Crippen LogP contribution in [0.3, 0.4) is 0 Å². The van der Waals surface area contributed by atoms with E-state index in [4.69, 9.17) is 5.21 Å². The normalized spacial score (nSPS) is 13.5. The molecule has 0 unspecified atom stereocenters. The Bertz CT molecular complexity index is 208. The minimum Gasteiger partial charge on any atom is -0.314 e. The van der Waals surface area contributed by atoms with E-state index in [9.17, 15) is 0 Å². The summed E-state index contributed by atoms with van der Waals surface area (Å²) in [6, 6.07) is 9.96. The molecule has 1 aromatic carbocycles. The van der Waals surface area contributed by atoms with Crippen molar-refractivity contribution in [1.29, 1.82) is 0 Å². The summed E-state index contributed by atoms with van der Waals surface area (Å²) >= 11 is 0. The first-order valence-electron chi connectivity index (χ1n) is 3.68. The Morgan fingerprint density at radius 3 is 2.27 bits per heavy atom. The molecular weight excluding hydrogens is 138 g/mol.